The number of nitrogens with one attached hydrogen (secondary N) is 1. The van der Waals surface area contributed by atoms with Gasteiger partial charge in [0.2, 0.25) is 0 Å². The molecular weight excluding hydrogens is 436 g/mol. The number of carboxylic acids is 1. The minimum atomic E-state index is -1.30. The summed E-state index contributed by atoms with van der Waals surface area (Å²) in [6.07, 6.45) is 3.06. The number of benzene rings is 2. The summed E-state index contributed by atoms with van der Waals surface area (Å²) in [7, 11) is 0. The Labute approximate surface area is 193 Å². The van der Waals surface area contributed by atoms with Crippen LogP contribution in [0, 0.1) is 0 Å². The standard InChI is InChI=1S/C26H20N2O6/c1-3-14-33-26(32)19-6-4-17(5-7-19)23-13-12-21(34-23)15-22-16(2)27-28(24(22)29)20-10-8-18(9-11-20)25(30)31/h3-13,15,27H,1-2,14H2,(H,30,31)/p-1/b22-15-. The Morgan fingerprint density at radius 3 is 2.35 bits per heavy atom. The highest BCUT2D eigenvalue weighted by molar-refractivity contribution is 5.90. The van der Waals surface area contributed by atoms with Crippen LogP contribution in [0.1, 0.15) is 26.5 Å². The maximum Gasteiger partial charge on any atom is 0.338 e. The Morgan fingerprint density at radius 1 is 1.03 bits per heavy atom. The van der Waals surface area contributed by atoms with Gasteiger partial charge in [0.1, 0.15) is 18.1 Å². The molecule has 0 aliphatic rings. The van der Waals surface area contributed by atoms with Crippen molar-refractivity contribution in [2.45, 2.75) is 0 Å². The fourth-order valence-corrected chi connectivity index (χ4v) is 3.29. The number of aromatic nitrogens is 2. The molecule has 0 radical (unpaired) electrons. The molecule has 0 aliphatic carbocycles. The molecule has 2 aromatic heterocycles. The second kappa shape index (κ2) is 9.33. The van der Waals surface area contributed by atoms with Gasteiger partial charge in [0.05, 0.1) is 27.8 Å². The zero-order valence-corrected chi connectivity index (χ0v) is 17.9. The van der Waals surface area contributed by atoms with Gasteiger partial charge in [0, 0.05) is 5.56 Å². The molecule has 0 unspecified atom stereocenters. The predicted molar refractivity (Wildman–Crippen MR) is 124 cm³/mol. The number of hydrogen-bond donors (Lipinski definition) is 1. The van der Waals surface area contributed by atoms with Crippen molar-refractivity contribution in [3.8, 4) is 17.0 Å². The number of nitrogens with zero attached hydrogens (tertiary/aromatic N) is 1. The number of hydrogen-bond acceptors (Lipinski definition) is 6. The van der Waals surface area contributed by atoms with E-state index in [4.69, 9.17) is 9.15 Å². The zero-order valence-electron chi connectivity index (χ0n) is 17.9. The lowest BCUT2D eigenvalue weighted by molar-refractivity contribution is -0.255. The molecule has 4 aromatic rings. The number of rotatable bonds is 7. The van der Waals surface area contributed by atoms with Crippen molar-refractivity contribution < 1.29 is 23.8 Å². The van der Waals surface area contributed by atoms with Gasteiger partial charge in [-0.25, -0.2) is 9.48 Å². The summed E-state index contributed by atoms with van der Waals surface area (Å²) >= 11 is 0. The van der Waals surface area contributed by atoms with Gasteiger partial charge >= 0.3 is 5.97 Å². The number of aromatic carboxylic acids is 1. The van der Waals surface area contributed by atoms with Crippen LogP contribution >= 0.6 is 0 Å². The van der Waals surface area contributed by atoms with E-state index in [1.807, 2.05) is 0 Å². The van der Waals surface area contributed by atoms with E-state index in [0.717, 1.165) is 5.56 Å². The lowest BCUT2D eigenvalue weighted by Crippen LogP contribution is -2.33. The van der Waals surface area contributed by atoms with Gasteiger partial charge in [-0.15, -0.1) is 0 Å². The smallest absolute Gasteiger partial charge is 0.338 e. The summed E-state index contributed by atoms with van der Waals surface area (Å²) in [6, 6.07) is 15.9. The molecule has 0 amide bonds. The molecule has 0 atom stereocenters. The van der Waals surface area contributed by atoms with Crippen LogP contribution in [-0.4, -0.2) is 28.3 Å². The number of carbonyl (C=O) groups excluding carboxylic acids is 2. The Balaban J connectivity index is 1.61. The summed E-state index contributed by atoms with van der Waals surface area (Å²) < 4.78 is 12.1. The van der Waals surface area contributed by atoms with E-state index in [2.05, 4.69) is 18.3 Å². The molecule has 0 saturated heterocycles. The minimum absolute atomic E-state index is 0.00907. The molecule has 0 fully saturated rings. The number of esters is 1. The molecule has 34 heavy (non-hydrogen) atoms. The first kappa shape index (κ1) is 22.3. The quantitative estimate of drug-likeness (QED) is 0.332. The van der Waals surface area contributed by atoms with Gasteiger partial charge in [-0.3, -0.25) is 9.89 Å². The van der Waals surface area contributed by atoms with Gasteiger partial charge in [0.15, 0.2) is 0 Å². The third-order valence-corrected chi connectivity index (χ3v) is 5.02. The fraction of sp³-hybridized carbons (Fsp3) is 0.0385. The van der Waals surface area contributed by atoms with Crippen molar-refractivity contribution in [1.29, 1.82) is 0 Å². The molecule has 1 N–H and O–H groups in total. The lowest BCUT2D eigenvalue weighted by atomic mass is 10.1. The lowest BCUT2D eigenvalue weighted by Gasteiger charge is -2.04. The van der Waals surface area contributed by atoms with E-state index < -0.39 is 11.9 Å². The monoisotopic (exact) mass is 455 g/mol. The van der Waals surface area contributed by atoms with E-state index in [-0.39, 0.29) is 17.7 Å². The second-order valence-electron chi connectivity index (χ2n) is 7.29. The summed E-state index contributed by atoms with van der Waals surface area (Å²) in [5.74, 6) is -0.754. The number of carbonyl (C=O) groups is 2. The average Bonchev–Trinajstić information content (AvgIpc) is 3.43. The minimum Gasteiger partial charge on any atom is -0.545 e. The highest BCUT2D eigenvalue weighted by Crippen LogP contribution is 2.23. The molecule has 8 heteroatoms. The number of H-pyrrole nitrogens is 1. The molecule has 0 saturated carbocycles. The van der Waals surface area contributed by atoms with Gasteiger partial charge in [0.25, 0.3) is 5.56 Å². The van der Waals surface area contributed by atoms with Crippen LogP contribution < -0.4 is 21.2 Å². The summed E-state index contributed by atoms with van der Waals surface area (Å²) in [5, 5.41) is 14.5. The molecular formula is C26H19N2O6-. The van der Waals surface area contributed by atoms with E-state index in [9.17, 15) is 19.5 Å². The number of ether oxygens (including phenoxy) is 1. The maximum absolute atomic E-state index is 12.9. The molecule has 4 rings (SSSR count). The second-order valence-corrected chi connectivity index (χ2v) is 7.29. The zero-order chi connectivity index (χ0) is 24.2. The van der Waals surface area contributed by atoms with Crippen molar-refractivity contribution in [3.05, 3.63) is 111 Å². The molecule has 8 nitrogen and oxygen atoms in total. The van der Waals surface area contributed by atoms with Crippen LogP contribution in [0.15, 0.2) is 82.5 Å². The van der Waals surface area contributed by atoms with E-state index in [0.29, 0.717) is 33.3 Å². The Bertz CT molecular complexity index is 1540. The molecule has 0 spiro atoms. The normalized spacial score (nSPS) is 11.4. The average molecular weight is 455 g/mol. The maximum atomic E-state index is 12.9. The van der Waals surface area contributed by atoms with Crippen LogP contribution in [0.2, 0.25) is 0 Å². The molecule has 2 aromatic carbocycles. The van der Waals surface area contributed by atoms with Gasteiger partial charge < -0.3 is 19.1 Å². The van der Waals surface area contributed by atoms with E-state index in [1.54, 1.807) is 42.5 Å². The van der Waals surface area contributed by atoms with Crippen LogP contribution in [0.25, 0.3) is 29.7 Å². The van der Waals surface area contributed by atoms with Crippen molar-refractivity contribution in [3.63, 3.8) is 0 Å². The first-order valence-electron chi connectivity index (χ1n) is 10.2. The summed E-state index contributed by atoms with van der Waals surface area (Å²) in [5.41, 5.74) is 1.24. The fourth-order valence-electron chi connectivity index (χ4n) is 3.29. The number of furan rings is 1. The molecule has 170 valence electrons. The Hall–Kier alpha value is -4.85. The summed E-state index contributed by atoms with van der Waals surface area (Å²) in [4.78, 5) is 35.7. The number of aromatic amines is 1. The third-order valence-electron chi connectivity index (χ3n) is 5.02. The van der Waals surface area contributed by atoms with E-state index >= 15 is 0 Å². The predicted octanol–water partition coefficient (Wildman–Crippen LogP) is 1.37. The number of carboxylic acid groups (broad SMARTS) is 1. The van der Waals surface area contributed by atoms with Crippen molar-refractivity contribution in [1.82, 2.24) is 9.78 Å². The van der Waals surface area contributed by atoms with Crippen molar-refractivity contribution in [2.24, 2.45) is 0 Å². The van der Waals surface area contributed by atoms with Gasteiger partial charge in [-0.1, -0.05) is 43.5 Å². The van der Waals surface area contributed by atoms with E-state index in [1.165, 1.54) is 35.0 Å². The van der Waals surface area contributed by atoms with Crippen molar-refractivity contribution >= 4 is 24.6 Å². The first-order chi connectivity index (χ1) is 16.4. The molecule has 0 aliphatic heterocycles. The topological polar surface area (TPSA) is 117 Å². The SMILES string of the molecule is C=CCOC(=O)c1ccc(-c2ccc(/C=c3/c(=C)[nH]n(-c4ccc(C(=O)[O-])cc4)c3=O)o2)cc1. The van der Waals surface area contributed by atoms with Gasteiger partial charge in [-0.05, 0) is 48.0 Å². The van der Waals surface area contributed by atoms with Crippen LogP contribution in [0.4, 0.5) is 0 Å². The molecule has 2 heterocycles. The molecule has 0 bridgehead atoms. The Kier molecular flexibility index (Phi) is 6.13. The van der Waals surface area contributed by atoms with Crippen LogP contribution in [0.3, 0.4) is 0 Å². The largest absolute Gasteiger partial charge is 0.545 e. The Morgan fingerprint density at radius 2 is 1.71 bits per heavy atom. The third kappa shape index (κ3) is 4.51. The van der Waals surface area contributed by atoms with Crippen molar-refractivity contribution in [2.75, 3.05) is 6.61 Å². The highest BCUT2D eigenvalue weighted by atomic mass is 16.5. The summed E-state index contributed by atoms with van der Waals surface area (Å²) in [6.45, 7) is 7.52. The first-order valence-corrected chi connectivity index (χ1v) is 10.2. The highest BCUT2D eigenvalue weighted by Gasteiger charge is 2.10. The van der Waals surface area contributed by atoms with Crippen LogP contribution in [0.5, 0.6) is 0 Å². The van der Waals surface area contributed by atoms with Gasteiger partial charge in [-0.2, -0.15) is 0 Å². The van der Waals surface area contributed by atoms with Crippen LogP contribution in [-0.2, 0) is 4.74 Å².